The van der Waals surface area contributed by atoms with Gasteiger partial charge in [0.1, 0.15) is 5.78 Å². The van der Waals surface area contributed by atoms with Gasteiger partial charge in [0.15, 0.2) is 0 Å². The first-order valence-electron chi connectivity index (χ1n) is 9.14. The fourth-order valence-electron chi connectivity index (χ4n) is 4.28. The predicted molar refractivity (Wildman–Crippen MR) is 95.8 cm³/mol. The molecule has 0 N–H and O–H groups in total. The number of amides is 1. The maximum absolute atomic E-state index is 13.5. The van der Waals surface area contributed by atoms with Gasteiger partial charge in [-0.3, -0.25) is 9.59 Å². The second-order valence-electron chi connectivity index (χ2n) is 8.18. The summed E-state index contributed by atoms with van der Waals surface area (Å²) in [6.45, 7) is 8.22. The van der Waals surface area contributed by atoms with Crippen LogP contribution in [0.15, 0.2) is 30.9 Å². The Kier molecular flexibility index (Phi) is 4.73. The van der Waals surface area contributed by atoms with Crippen molar-refractivity contribution < 1.29 is 22.8 Å². The Bertz CT molecular complexity index is 797. The molecule has 1 heterocycles. The monoisotopic (exact) mass is 379 g/mol. The number of hydrogen-bond acceptors (Lipinski definition) is 2. The zero-order valence-electron chi connectivity index (χ0n) is 15.7. The molecular formula is C21H24F3NO2. The van der Waals surface area contributed by atoms with Crippen molar-refractivity contribution in [1.29, 1.82) is 0 Å². The van der Waals surface area contributed by atoms with E-state index in [4.69, 9.17) is 0 Å². The molecule has 1 aromatic carbocycles. The summed E-state index contributed by atoms with van der Waals surface area (Å²) in [5.74, 6) is -0.101. The zero-order valence-corrected chi connectivity index (χ0v) is 15.7. The molecule has 6 heteroatoms. The molecule has 0 spiro atoms. The minimum Gasteiger partial charge on any atom is -0.338 e. The van der Waals surface area contributed by atoms with Gasteiger partial charge in [0.25, 0.3) is 0 Å². The molecule has 0 radical (unpaired) electrons. The van der Waals surface area contributed by atoms with E-state index in [9.17, 15) is 22.8 Å². The van der Waals surface area contributed by atoms with E-state index in [-0.39, 0.29) is 24.7 Å². The summed E-state index contributed by atoms with van der Waals surface area (Å²) < 4.78 is 39.1. The first-order valence-corrected chi connectivity index (χ1v) is 9.14. The number of hydrogen-bond donors (Lipinski definition) is 0. The highest BCUT2D eigenvalue weighted by Crippen LogP contribution is 2.52. The van der Waals surface area contributed by atoms with Crippen LogP contribution >= 0.6 is 0 Å². The molecule has 1 atom stereocenters. The van der Waals surface area contributed by atoms with Crippen LogP contribution in [0.5, 0.6) is 0 Å². The van der Waals surface area contributed by atoms with E-state index in [1.54, 1.807) is 11.0 Å². The van der Waals surface area contributed by atoms with Gasteiger partial charge in [0, 0.05) is 25.9 Å². The van der Waals surface area contributed by atoms with Crippen molar-refractivity contribution in [2.75, 3.05) is 6.54 Å². The van der Waals surface area contributed by atoms with Gasteiger partial charge in [-0.15, -0.1) is 6.58 Å². The molecule has 146 valence electrons. The van der Waals surface area contributed by atoms with Gasteiger partial charge >= 0.3 is 6.18 Å². The van der Waals surface area contributed by atoms with Gasteiger partial charge in [-0.05, 0) is 41.5 Å². The maximum atomic E-state index is 13.5. The van der Waals surface area contributed by atoms with Crippen LogP contribution in [0.3, 0.4) is 0 Å². The Morgan fingerprint density at radius 3 is 2.48 bits per heavy atom. The Morgan fingerprint density at radius 2 is 1.93 bits per heavy atom. The van der Waals surface area contributed by atoms with Crippen molar-refractivity contribution in [3.8, 4) is 0 Å². The number of rotatable bonds is 3. The third-order valence-electron chi connectivity index (χ3n) is 6.32. The van der Waals surface area contributed by atoms with E-state index >= 15 is 0 Å². The van der Waals surface area contributed by atoms with E-state index in [0.717, 1.165) is 17.7 Å². The van der Waals surface area contributed by atoms with Gasteiger partial charge in [0.05, 0.1) is 11.0 Å². The van der Waals surface area contributed by atoms with Crippen LogP contribution in [0.1, 0.15) is 49.8 Å². The molecule has 1 saturated carbocycles. The largest absolute Gasteiger partial charge is 0.416 e. The third kappa shape index (κ3) is 3.30. The lowest BCUT2D eigenvalue weighted by molar-refractivity contribution is -0.149. The van der Waals surface area contributed by atoms with Gasteiger partial charge in [-0.2, -0.15) is 13.2 Å². The summed E-state index contributed by atoms with van der Waals surface area (Å²) in [7, 11) is 0. The lowest BCUT2D eigenvalue weighted by atomic mass is 9.63. The van der Waals surface area contributed by atoms with Gasteiger partial charge in [-0.25, -0.2) is 0 Å². The topological polar surface area (TPSA) is 37.4 Å². The number of carbonyl (C=O) groups excluding carboxylic acids is 2. The number of carbonyl (C=O) groups is 2. The molecule has 0 aromatic heterocycles. The van der Waals surface area contributed by atoms with Crippen molar-refractivity contribution in [2.45, 2.75) is 52.3 Å². The number of fused-ring (bicyclic) bond motifs is 1. The second kappa shape index (κ2) is 6.50. The molecule has 1 amide bonds. The van der Waals surface area contributed by atoms with Crippen LogP contribution in [0.4, 0.5) is 13.2 Å². The highest BCUT2D eigenvalue weighted by Gasteiger charge is 2.55. The first kappa shape index (κ1) is 19.6. The van der Waals surface area contributed by atoms with E-state index in [1.165, 1.54) is 6.07 Å². The lowest BCUT2D eigenvalue weighted by Crippen LogP contribution is -2.51. The number of nitrogens with zero attached hydrogens (tertiary/aromatic N) is 1. The summed E-state index contributed by atoms with van der Waals surface area (Å²) in [4.78, 5) is 27.1. The minimum absolute atomic E-state index is 0.0510. The highest BCUT2D eigenvalue weighted by atomic mass is 19.4. The maximum Gasteiger partial charge on any atom is 0.416 e. The van der Waals surface area contributed by atoms with Crippen LogP contribution < -0.4 is 0 Å². The summed E-state index contributed by atoms with van der Waals surface area (Å²) in [5, 5.41) is 0. The molecule has 1 fully saturated rings. The van der Waals surface area contributed by atoms with Crippen molar-refractivity contribution in [2.24, 2.45) is 10.8 Å². The number of benzene rings is 1. The number of allylic oxidation sites excluding steroid dienone is 1. The van der Waals surface area contributed by atoms with Crippen molar-refractivity contribution in [1.82, 2.24) is 4.90 Å². The summed E-state index contributed by atoms with van der Waals surface area (Å²) in [5.41, 5.74) is -0.783. The molecule has 1 unspecified atom stereocenters. The Morgan fingerprint density at radius 1 is 1.22 bits per heavy atom. The zero-order chi connectivity index (χ0) is 20.0. The highest BCUT2D eigenvalue weighted by molar-refractivity contribution is 5.94. The van der Waals surface area contributed by atoms with Crippen molar-refractivity contribution >= 4 is 11.7 Å². The standard InChI is InChI=1S/C21H24F3NO2/c1-4-19(2,3)20(9-7-17(26)12-20)18(27)25-10-8-14-5-6-16(21(22,23)24)11-15(14)13-25/h4-6,11H,1,7-10,12-13H2,2-3H3. The smallest absolute Gasteiger partial charge is 0.338 e. The fraction of sp³-hybridized carbons (Fsp3) is 0.524. The molecule has 1 aromatic rings. The van der Waals surface area contributed by atoms with E-state index < -0.39 is 22.6 Å². The minimum atomic E-state index is -4.41. The molecule has 3 rings (SSSR count). The summed E-state index contributed by atoms with van der Waals surface area (Å²) in [6.07, 6.45) is -1.22. The van der Waals surface area contributed by atoms with Crippen LogP contribution in [-0.4, -0.2) is 23.1 Å². The van der Waals surface area contributed by atoms with E-state index in [0.29, 0.717) is 31.4 Å². The number of ketones is 1. The van der Waals surface area contributed by atoms with Gasteiger partial charge in [0.2, 0.25) is 5.91 Å². The molecule has 0 saturated heterocycles. The molecule has 2 aliphatic rings. The van der Waals surface area contributed by atoms with Crippen molar-refractivity contribution in [3.05, 3.63) is 47.5 Å². The van der Waals surface area contributed by atoms with Crippen LogP contribution in [0.25, 0.3) is 0 Å². The second-order valence-corrected chi connectivity index (χ2v) is 8.18. The summed E-state index contributed by atoms with van der Waals surface area (Å²) >= 11 is 0. The fourth-order valence-corrected chi connectivity index (χ4v) is 4.28. The van der Waals surface area contributed by atoms with Crippen LogP contribution in [-0.2, 0) is 28.7 Å². The SMILES string of the molecule is C=CC(C)(C)C1(C(=O)N2CCc3ccc(C(F)(F)F)cc3C2)CCC(=O)C1. The average molecular weight is 379 g/mol. The van der Waals surface area contributed by atoms with Crippen molar-refractivity contribution in [3.63, 3.8) is 0 Å². The third-order valence-corrected chi connectivity index (χ3v) is 6.32. The Balaban J connectivity index is 1.92. The predicted octanol–water partition coefficient (Wildman–Crippen LogP) is 4.54. The Hall–Kier alpha value is -2.11. The number of halogens is 3. The first-order chi connectivity index (χ1) is 12.5. The molecule has 1 aliphatic carbocycles. The molecular weight excluding hydrogens is 355 g/mol. The van der Waals surface area contributed by atoms with Crippen LogP contribution in [0.2, 0.25) is 0 Å². The molecule has 3 nitrogen and oxygen atoms in total. The number of Topliss-reactive ketones (excluding diaryl/α,β-unsaturated/α-hetero) is 1. The van der Waals surface area contributed by atoms with E-state index in [2.05, 4.69) is 6.58 Å². The normalized spacial score (nSPS) is 23.3. The average Bonchev–Trinajstić information content (AvgIpc) is 3.03. The van der Waals surface area contributed by atoms with E-state index in [1.807, 2.05) is 13.8 Å². The van der Waals surface area contributed by atoms with Crippen LogP contribution in [0, 0.1) is 10.8 Å². The Labute approximate surface area is 157 Å². The number of alkyl halides is 3. The molecule has 27 heavy (non-hydrogen) atoms. The van der Waals surface area contributed by atoms with Gasteiger partial charge in [-0.1, -0.05) is 26.0 Å². The summed E-state index contributed by atoms with van der Waals surface area (Å²) in [6, 6.07) is 3.73. The molecule has 0 bridgehead atoms. The lowest BCUT2D eigenvalue weighted by Gasteiger charge is -2.44. The molecule has 1 aliphatic heterocycles. The van der Waals surface area contributed by atoms with Gasteiger partial charge < -0.3 is 4.90 Å². The quantitative estimate of drug-likeness (QED) is 0.723.